The van der Waals surface area contributed by atoms with Gasteiger partial charge < -0.3 is 15.7 Å². The zero-order chi connectivity index (χ0) is 15.5. The number of carbonyl (C=O) groups excluding carboxylic acids is 1. The smallest absolute Gasteiger partial charge is 0.319 e. The highest BCUT2D eigenvalue weighted by atomic mass is 16.3. The number of hydrogen-bond donors (Lipinski definition) is 3. The van der Waals surface area contributed by atoms with Gasteiger partial charge in [-0.1, -0.05) is 51.8 Å². The SMILES string of the molecule is CC(C)(C)c1ccccc1NC(=O)NCC1(O)CCCC1. The fourth-order valence-electron chi connectivity index (χ4n) is 2.87. The van der Waals surface area contributed by atoms with E-state index in [1.165, 1.54) is 0 Å². The van der Waals surface area contributed by atoms with Crippen LogP contribution < -0.4 is 10.6 Å². The van der Waals surface area contributed by atoms with Crippen molar-refractivity contribution in [1.29, 1.82) is 0 Å². The summed E-state index contributed by atoms with van der Waals surface area (Å²) < 4.78 is 0. The van der Waals surface area contributed by atoms with Crippen LogP contribution in [0.15, 0.2) is 24.3 Å². The highest BCUT2D eigenvalue weighted by molar-refractivity contribution is 5.90. The minimum atomic E-state index is -0.721. The minimum Gasteiger partial charge on any atom is -0.388 e. The van der Waals surface area contributed by atoms with Crippen molar-refractivity contribution in [2.24, 2.45) is 0 Å². The number of hydrogen-bond acceptors (Lipinski definition) is 2. The van der Waals surface area contributed by atoms with Crippen molar-refractivity contribution in [3.8, 4) is 0 Å². The first-order valence-electron chi connectivity index (χ1n) is 7.67. The molecule has 2 rings (SSSR count). The summed E-state index contributed by atoms with van der Waals surface area (Å²) in [5.41, 5.74) is 1.16. The summed E-state index contributed by atoms with van der Waals surface area (Å²) >= 11 is 0. The van der Waals surface area contributed by atoms with E-state index in [1.807, 2.05) is 24.3 Å². The van der Waals surface area contributed by atoms with E-state index in [0.717, 1.165) is 36.9 Å². The molecule has 0 spiro atoms. The summed E-state index contributed by atoms with van der Waals surface area (Å²) in [6, 6.07) is 7.57. The molecule has 1 aliphatic carbocycles. The van der Waals surface area contributed by atoms with Crippen LogP contribution in [-0.2, 0) is 5.41 Å². The lowest BCUT2D eigenvalue weighted by Crippen LogP contribution is -2.42. The molecule has 1 saturated carbocycles. The Hall–Kier alpha value is -1.55. The molecule has 0 bridgehead atoms. The van der Waals surface area contributed by atoms with Crippen molar-refractivity contribution < 1.29 is 9.90 Å². The van der Waals surface area contributed by atoms with Gasteiger partial charge in [0.25, 0.3) is 0 Å². The van der Waals surface area contributed by atoms with Crippen molar-refractivity contribution in [2.75, 3.05) is 11.9 Å². The number of aliphatic hydroxyl groups is 1. The molecule has 21 heavy (non-hydrogen) atoms. The van der Waals surface area contributed by atoms with Gasteiger partial charge in [0.2, 0.25) is 0 Å². The number of amides is 2. The number of benzene rings is 1. The predicted molar refractivity (Wildman–Crippen MR) is 85.6 cm³/mol. The van der Waals surface area contributed by atoms with Gasteiger partial charge >= 0.3 is 6.03 Å². The molecule has 0 radical (unpaired) electrons. The summed E-state index contributed by atoms with van der Waals surface area (Å²) in [5.74, 6) is 0. The lowest BCUT2D eigenvalue weighted by Gasteiger charge is -2.25. The van der Waals surface area contributed by atoms with E-state index in [4.69, 9.17) is 0 Å². The quantitative estimate of drug-likeness (QED) is 0.799. The van der Waals surface area contributed by atoms with Gasteiger partial charge in [0.15, 0.2) is 0 Å². The van der Waals surface area contributed by atoms with E-state index < -0.39 is 5.60 Å². The molecule has 2 amide bonds. The second-order valence-corrected chi connectivity index (χ2v) is 7.03. The average molecular weight is 290 g/mol. The molecule has 0 heterocycles. The summed E-state index contributed by atoms with van der Waals surface area (Å²) in [7, 11) is 0. The third kappa shape index (κ3) is 4.21. The van der Waals surface area contributed by atoms with Crippen LogP contribution in [0.2, 0.25) is 0 Å². The number of para-hydroxylation sites is 1. The maximum atomic E-state index is 12.1. The number of urea groups is 1. The second kappa shape index (κ2) is 6.06. The van der Waals surface area contributed by atoms with Crippen molar-refractivity contribution in [2.45, 2.75) is 57.5 Å². The van der Waals surface area contributed by atoms with Crippen LogP contribution in [0.3, 0.4) is 0 Å². The first-order valence-corrected chi connectivity index (χ1v) is 7.67. The Kier molecular flexibility index (Phi) is 4.57. The molecule has 0 atom stereocenters. The fourth-order valence-corrected chi connectivity index (χ4v) is 2.87. The van der Waals surface area contributed by atoms with Crippen LogP contribution in [0.4, 0.5) is 10.5 Å². The van der Waals surface area contributed by atoms with Crippen molar-refractivity contribution in [3.05, 3.63) is 29.8 Å². The van der Waals surface area contributed by atoms with Gasteiger partial charge in [-0.3, -0.25) is 0 Å². The average Bonchev–Trinajstić information content (AvgIpc) is 2.83. The number of rotatable bonds is 3. The first-order chi connectivity index (χ1) is 9.80. The van der Waals surface area contributed by atoms with Gasteiger partial charge in [-0.2, -0.15) is 0 Å². The van der Waals surface area contributed by atoms with Gasteiger partial charge in [0, 0.05) is 12.2 Å². The summed E-state index contributed by atoms with van der Waals surface area (Å²) in [6.07, 6.45) is 3.61. The van der Waals surface area contributed by atoms with E-state index in [1.54, 1.807) is 0 Å². The molecule has 1 aromatic rings. The molecule has 1 aromatic carbocycles. The third-order valence-electron chi connectivity index (χ3n) is 4.10. The maximum Gasteiger partial charge on any atom is 0.319 e. The predicted octanol–water partition coefficient (Wildman–Crippen LogP) is 3.41. The lowest BCUT2D eigenvalue weighted by molar-refractivity contribution is 0.0506. The van der Waals surface area contributed by atoms with Crippen LogP contribution in [0, 0.1) is 0 Å². The standard InChI is InChI=1S/C17H26N2O2/c1-16(2,3)13-8-4-5-9-14(13)19-15(20)18-12-17(21)10-6-7-11-17/h4-5,8-9,21H,6-7,10-12H2,1-3H3,(H2,18,19,20). The van der Waals surface area contributed by atoms with Crippen molar-refractivity contribution >= 4 is 11.7 Å². The van der Waals surface area contributed by atoms with E-state index >= 15 is 0 Å². The third-order valence-corrected chi connectivity index (χ3v) is 4.10. The van der Waals surface area contributed by atoms with Crippen LogP contribution in [-0.4, -0.2) is 23.3 Å². The van der Waals surface area contributed by atoms with Crippen molar-refractivity contribution in [3.63, 3.8) is 0 Å². The van der Waals surface area contributed by atoms with E-state index in [2.05, 4.69) is 31.4 Å². The lowest BCUT2D eigenvalue weighted by atomic mass is 9.86. The molecule has 0 saturated heterocycles. The Bertz CT molecular complexity index is 500. The van der Waals surface area contributed by atoms with Gasteiger partial charge in [-0.25, -0.2) is 4.79 Å². The normalized spacial score (nSPS) is 17.5. The zero-order valence-electron chi connectivity index (χ0n) is 13.2. The Morgan fingerprint density at radius 1 is 1.24 bits per heavy atom. The summed E-state index contributed by atoms with van der Waals surface area (Å²) in [5, 5.41) is 15.9. The molecule has 0 aromatic heterocycles. The Labute approximate surface area is 126 Å². The Morgan fingerprint density at radius 2 is 1.86 bits per heavy atom. The maximum absolute atomic E-state index is 12.1. The number of nitrogens with one attached hydrogen (secondary N) is 2. The number of carbonyl (C=O) groups is 1. The molecular weight excluding hydrogens is 264 g/mol. The molecule has 116 valence electrons. The van der Waals surface area contributed by atoms with Gasteiger partial charge in [0.05, 0.1) is 5.60 Å². The molecule has 3 N–H and O–H groups in total. The van der Waals surface area contributed by atoms with E-state index in [-0.39, 0.29) is 11.4 Å². The van der Waals surface area contributed by atoms with Gasteiger partial charge in [-0.15, -0.1) is 0 Å². The summed E-state index contributed by atoms with van der Waals surface area (Å²) in [4.78, 5) is 12.1. The monoisotopic (exact) mass is 290 g/mol. The van der Waals surface area contributed by atoms with Crippen LogP contribution >= 0.6 is 0 Å². The zero-order valence-corrected chi connectivity index (χ0v) is 13.2. The largest absolute Gasteiger partial charge is 0.388 e. The summed E-state index contributed by atoms with van der Waals surface area (Å²) in [6.45, 7) is 6.67. The molecule has 4 nitrogen and oxygen atoms in total. The molecule has 4 heteroatoms. The Balaban J connectivity index is 1.97. The topological polar surface area (TPSA) is 61.4 Å². The van der Waals surface area contributed by atoms with Crippen LogP contribution in [0.5, 0.6) is 0 Å². The molecule has 1 aliphatic rings. The van der Waals surface area contributed by atoms with E-state index in [0.29, 0.717) is 6.54 Å². The Morgan fingerprint density at radius 3 is 2.48 bits per heavy atom. The highest BCUT2D eigenvalue weighted by Crippen LogP contribution is 2.30. The van der Waals surface area contributed by atoms with Crippen molar-refractivity contribution in [1.82, 2.24) is 5.32 Å². The second-order valence-electron chi connectivity index (χ2n) is 7.03. The minimum absolute atomic E-state index is 0.0342. The fraction of sp³-hybridized carbons (Fsp3) is 0.588. The molecule has 0 unspecified atom stereocenters. The van der Waals surface area contributed by atoms with Gasteiger partial charge in [0.1, 0.15) is 0 Å². The van der Waals surface area contributed by atoms with Gasteiger partial charge in [-0.05, 0) is 29.9 Å². The highest BCUT2D eigenvalue weighted by Gasteiger charge is 2.31. The molecular formula is C17H26N2O2. The first kappa shape index (κ1) is 15.8. The van der Waals surface area contributed by atoms with Crippen LogP contribution in [0.1, 0.15) is 52.0 Å². The number of anilines is 1. The molecule has 0 aliphatic heterocycles. The van der Waals surface area contributed by atoms with Crippen LogP contribution in [0.25, 0.3) is 0 Å². The van der Waals surface area contributed by atoms with E-state index in [9.17, 15) is 9.90 Å². The molecule has 1 fully saturated rings.